The summed E-state index contributed by atoms with van der Waals surface area (Å²) in [5.41, 5.74) is 1.22. The van der Waals surface area contributed by atoms with E-state index in [4.69, 9.17) is 0 Å². The van der Waals surface area contributed by atoms with Crippen LogP contribution in [0, 0.1) is 28.1 Å². The Bertz CT molecular complexity index is 506. The van der Waals surface area contributed by atoms with Gasteiger partial charge in [-0.1, -0.05) is 32.6 Å². The molecule has 0 unspecified atom stereocenters. The predicted octanol–water partition coefficient (Wildman–Crippen LogP) is 3.16. The summed E-state index contributed by atoms with van der Waals surface area (Å²) in [6.45, 7) is 23.7. The first-order valence-electron chi connectivity index (χ1n) is 10.2. The Kier molecular flexibility index (Phi) is 5.28. The molecule has 3 heteroatoms. The van der Waals surface area contributed by atoms with E-state index < -0.39 is 0 Å². The maximum atomic E-state index is 3.38. The van der Waals surface area contributed by atoms with E-state index in [1.165, 1.54) is 58.7 Å². The second kappa shape index (κ2) is 6.87. The van der Waals surface area contributed by atoms with Gasteiger partial charge in [-0.15, -0.1) is 0 Å². The van der Waals surface area contributed by atoms with Gasteiger partial charge in [-0.05, 0) is 39.0 Å². The molecule has 0 amide bonds. The summed E-state index contributed by atoms with van der Waals surface area (Å²) in [5.74, 6) is 6.74. The van der Waals surface area contributed by atoms with Gasteiger partial charge in [0, 0.05) is 62.7 Å². The standard InChI is InChI=1S/C22H39N3/c1-20(2,3)10-7-11-23-12-8-19(9-13-23)25-17-22(18-25)15-24(16-22)14-21(4,5)6/h19H,8-9,11-18H2,1-6H3. The van der Waals surface area contributed by atoms with Crippen LogP contribution >= 0.6 is 0 Å². The molecule has 0 radical (unpaired) electrons. The van der Waals surface area contributed by atoms with Crippen LogP contribution in [0.2, 0.25) is 0 Å². The number of hydrogen-bond donors (Lipinski definition) is 0. The van der Waals surface area contributed by atoms with Crippen LogP contribution in [0.25, 0.3) is 0 Å². The van der Waals surface area contributed by atoms with Gasteiger partial charge < -0.3 is 4.90 Å². The zero-order chi connectivity index (χ0) is 18.3. The first-order chi connectivity index (χ1) is 11.5. The van der Waals surface area contributed by atoms with Crippen LogP contribution in [-0.2, 0) is 0 Å². The molecule has 0 aliphatic carbocycles. The lowest BCUT2D eigenvalue weighted by Crippen LogP contribution is -2.74. The van der Waals surface area contributed by atoms with Gasteiger partial charge in [0.1, 0.15) is 0 Å². The Balaban J connectivity index is 1.34. The van der Waals surface area contributed by atoms with Gasteiger partial charge in [-0.2, -0.15) is 0 Å². The smallest absolute Gasteiger partial charge is 0.0601 e. The molecule has 1 spiro atoms. The minimum absolute atomic E-state index is 0.133. The minimum atomic E-state index is 0.133. The zero-order valence-corrected chi connectivity index (χ0v) is 17.5. The molecule has 3 aliphatic rings. The van der Waals surface area contributed by atoms with Crippen LogP contribution < -0.4 is 0 Å². The summed E-state index contributed by atoms with van der Waals surface area (Å²) in [4.78, 5) is 7.97. The maximum Gasteiger partial charge on any atom is 0.0601 e. The lowest BCUT2D eigenvalue weighted by Gasteiger charge is -2.63. The van der Waals surface area contributed by atoms with E-state index in [1.807, 2.05) is 0 Å². The summed E-state index contributed by atoms with van der Waals surface area (Å²) < 4.78 is 0. The van der Waals surface area contributed by atoms with Gasteiger partial charge in [-0.25, -0.2) is 0 Å². The van der Waals surface area contributed by atoms with Crippen molar-refractivity contribution < 1.29 is 0 Å². The Morgan fingerprint density at radius 1 is 0.880 bits per heavy atom. The number of rotatable bonds is 3. The van der Waals surface area contributed by atoms with Crippen LogP contribution in [0.3, 0.4) is 0 Å². The van der Waals surface area contributed by atoms with Gasteiger partial charge >= 0.3 is 0 Å². The number of likely N-dealkylation sites (tertiary alicyclic amines) is 3. The molecule has 3 saturated heterocycles. The fourth-order valence-corrected chi connectivity index (χ4v) is 4.82. The maximum absolute atomic E-state index is 3.38. The third kappa shape index (κ3) is 5.22. The summed E-state index contributed by atoms with van der Waals surface area (Å²) in [6, 6.07) is 0.828. The van der Waals surface area contributed by atoms with Gasteiger partial charge in [0.15, 0.2) is 0 Å². The van der Waals surface area contributed by atoms with Crippen LogP contribution in [0.4, 0.5) is 0 Å². The second-order valence-electron chi connectivity index (χ2n) is 11.2. The van der Waals surface area contributed by atoms with Gasteiger partial charge in [0.25, 0.3) is 0 Å². The Hall–Kier alpha value is -0.560. The van der Waals surface area contributed by atoms with Crippen LogP contribution in [-0.4, -0.2) is 73.1 Å². The number of hydrogen-bond acceptors (Lipinski definition) is 3. The topological polar surface area (TPSA) is 9.72 Å². The van der Waals surface area contributed by atoms with E-state index in [0.29, 0.717) is 10.8 Å². The van der Waals surface area contributed by atoms with Crippen LogP contribution in [0.1, 0.15) is 54.4 Å². The quantitative estimate of drug-likeness (QED) is 0.728. The highest BCUT2D eigenvalue weighted by atomic mass is 15.3. The van der Waals surface area contributed by atoms with Crippen molar-refractivity contribution in [3.05, 3.63) is 0 Å². The molecule has 3 fully saturated rings. The molecule has 3 heterocycles. The van der Waals surface area contributed by atoms with E-state index in [0.717, 1.165) is 12.6 Å². The second-order valence-corrected chi connectivity index (χ2v) is 11.2. The molecule has 0 saturated carbocycles. The Labute approximate surface area is 156 Å². The SMILES string of the molecule is CC(C)(C)C#CCN1CCC(N2CC3(CN(CC(C)(C)C)C3)C2)CC1. The van der Waals surface area contributed by atoms with Crippen molar-refractivity contribution in [3.8, 4) is 11.8 Å². The highest BCUT2D eigenvalue weighted by Gasteiger charge is 2.53. The van der Waals surface area contributed by atoms with E-state index in [9.17, 15) is 0 Å². The Morgan fingerprint density at radius 2 is 1.48 bits per heavy atom. The van der Waals surface area contributed by atoms with Gasteiger partial charge in [-0.3, -0.25) is 9.80 Å². The third-order valence-corrected chi connectivity index (χ3v) is 5.73. The first-order valence-corrected chi connectivity index (χ1v) is 10.2. The van der Waals surface area contributed by atoms with E-state index in [-0.39, 0.29) is 5.41 Å². The Morgan fingerprint density at radius 3 is 2.00 bits per heavy atom. The average Bonchev–Trinajstić information content (AvgIpc) is 2.38. The molecule has 3 nitrogen and oxygen atoms in total. The van der Waals surface area contributed by atoms with Gasteiger partial charge in [0.2, 0.25) is 0 Å². The monoisotopic (exact) mass is 345 g/mol. The first kappa shape index (κ1) is 19.2. The molecular formula is C22H39N3. The molecule has 0 N–H and O–H groups in total. The van der Waals surface area contributed by atoms with Crippen molar-refractivity contribution in [3.63, 3.8) is 0 Å². The third-order valence-electron chi connectivity index (χ3n) is 5.73. The molecule has 0 aromatic heterocycles. The van der Waals surface area contributed by atoms with Crippen molar-refractivity contribution in [2.75, 3.05) is 52.4 Å². The lowest BCUT2D eigenvalue weighted by atomic mass is 9.71. The van der Waals surface area contributed by atoms with Crippen LogP contribution in [0.15, 0.2) is 0 Å². The van der Waals surface area contributed by atoms with E-state index in [1.54, 1.807) is 0 Å². The van der Waals surface area contributed by atoms with E-state index >= 15 is 0 Å². The summed E-state index contributed by atoms with van der Waals surface area (Å²) >= 11 is 0. The van der Waals surface area contributed by atoms with Crippen molar-refractivity contribution in [1.29, 1.82) is 0 Å². The normalized spacial score (nSPS) is 26.0. The molecule has 25 heavy (non-hydrogen) atoms. The van der Waals surface area contributed by atoms with Crippen molar-refractivity contribution in [1.82, 2.24) is 14.7 Å². The fourth-order valence-electron chi connectivity index (χ4n) is 4.82. The largest absolute Gasteiger partial charge is 0.301 e. The molecule has 0 aromatic carbocycles. The van der Waals surface area contributed by atoms with Crippen molar-refractivity contribution >= 4 is 0 Å². The fraction of sp³-hybridized carbons (Fsp3) is 0.909. The van der Waals surface area contributed by atoms with Crippen LogP contribution in [0.5, 0.6) is 0 Å². The predicted molar refractivity (Wildman–Crippen MR) is 107 cm³/mol. The average molecular weight is 346 g/mol. The molecule has 3 rings (SSSR count). The molecule has 3 aliphatic heterocycles. The number of nitrogens with zero attached hydrogens (tertiary/aromatic N) is 3. The zero-order valence-electron chi connectivity index (χ0n) is 17.5. The molecule has 0 aromatic rings. The summed E-state index contributed by atoms with van der Waals surface area (Å²) in [5, 5.41) is 0. The van der Waals surface area contributed by atoms with E-state index in [2.05, 4.69) is 68.1 Å². The van der Waals surface area contributed by atoms with Crippen molar-refractivity contribution in [2.24, 2.45) is 16.2 Å². The summed E-state index contributed by atoms with van der Waals surface area (Å²) in [6.07, 6.45) is 2.66. The molecule has 0 atom stereocenters. The van der Waals surface area contributed by atoms with Crippen molar-refractivity contribution in [2.45, 2.75) is 60.4 Å². The minimum Gasteiger partial charge on any atom is -0.301 e. The lowest BCUT2D eigenvalue weighted by molar-refractivity contribution is -0.141. The van der Waals surface area contributed by atoms with Gasteiger partial charge in [0.05, 0.1) is 6.54 Å². The molecular weight excluding hydrogens is 306 g/mol. The number of piperidine rings is 1. The highest BCUT2D eigenvalue weighted by molar-refractivity contribution is 5.10. The molecule has 0 bridgehead atoms. The summed E-state index contributed by atoms with van der Waals surface area (Å²) in [7, 11) is 0. The molecule has 142 valence electrons. The highest BCUT2D eigenvalue weighted by Crippen LogP contribution is 2.42.